The van der Waals surface area contributed by atoms with Gasteiger partial charge in [0.25, 0.3) is 11.8 Å². The van der Waals surface area contributed by atoms with E-state index in [1.54, 1.807) is 48.5 Å². The highest BCUT2D eigenvalue weighted by atomic mass is 32.1. The van der Waals surface area contributed by atoms with Crippen molar-refractivity contribution in [3.63, 3.8) is 0 Å². The smallest absolute Gasteiger partial charge is 0.348 e. The molecule has 2 heterocycles. The van der Waals surface area contributed by atoms with E-state index in [1.165, 1.54) is 22.9 Å². The lowest BCUT2D eigenvalue weighted by Crippen LogP contribution is -2.45. The number of hydrogen-bond donors (Lipinski definition) is 3. The minimum absolute atomic E-state index is 0.203. The molecule has 14 heteroatoms. The summed E-state index contributed by atoms with van der Waals surface area (Å²) in [6.07, 6.45) is -4.00. The third kappa shape index (κ3) is 6.51. The van der Waals surface area contributed by atoms with Crippen LogP contribution in [0.5, 0.6) is 0 Å². The van der Waals surface area contributed by atoms with Crippen molar-refractivity contribution in [1.29, 1.82) is 0 Å². The van der Waals surface area contributed by atoms with Crippen LogP contribution in [-0.4, -0.2) is 44.5 Å². The Morgan fingerprint density at radius 3 is 2.55 bits per heavy atom. The van der Waals surface area contributed by atoms with Crippen LogP contribution in [-0.2, 0) is 24.2 Å². The van der Waals surface area contributed by atoms with E-state index in [2.05, 4.69) is 25.2 Å². The monoisotopic (exact) mass is 586 g/mol. The predicted molar refractivity (Wildman–Crippen MR) is 143 cm³/mol. The lowest BCUT2D eigenvalue weighted by atomic mass is 9.97. The van der Waals surface area contributed by atoms with Crippen molar-refractivity contribution in [3.05, 3.63) is 81.2 Å². The number of anilines is 1. The normalized spacial score (nSPS) is 14.7. The van der Waals surface area contributed by atoms with Crippen molar-refractivity contribution >= 4 is 45.7 Å². The van der Waals surface area contributed by atoms with E-state index in [0.29, 0.717) is 40.4 Å². The van der Waals surface area contributed by atoms with E-state index in [-0.39, 0.29) is 18.9 Å². The molecule has 40 heavy (non-hydrogen) atoms. The second-order valence-corrected chi connectivity index (χ2v) is 10.7. The third-order valence-corrected chi connectivity index (χ3v) is 7.74. The summed E-state index contributed by atoms with van der Waals surface area (Å²) in [5.41, 5.74) is 3.85. The molecule has 206 valence electrons. The van der Waals surface area contributed by atoms with Gasteiger partial charge in [-0.3, -0.25) is 19.7 Å². The number of nitrogens with one attached hydrogen (secondary N) is 3. The van der Waals surface area contributed by atoms with Crippen LogP contribution in [0.3, 0.4) is 0 Å². The van der Waals surface area contributed by atoms with Crippen molar-refractivity contribution in [1.82, 2.24) is 25.2 Å². The van der Waals surface area contributed by atoms with E-state index >= 15 is 0 Å². The van der Waals surface area contributed by atoms with Gasteiger partial charge in [0.05, 0.1) is 5.69 Å². The number of alkyl halides is 3. The first-order valence-corrected chi connectivity index (χ1v) is 13.7. The van der Waals surface area contributed by atoms with Crippen LogP contribution in [0.4, 0.5) is 18.3 Å². The predicted octanol–water partition coefficient (Wildman–Crippen LogP) is 4.38. The lowest BCUT2D eigenvalue weighted by molar-refractivity contribution is -0.174. The largest absolute Gasteiger partial charge is 0.471 e. The third-order valence-electron chi connectivity index (χ3n) is 6.20. The van der Waals surface area contributed by atoms with Crippen LogP contribution in [0.2, 0.25) is 0 Å². The highest BCUT2D eigenvalue weighted by molar-refractivity contribution is 7.15. The molecule has 5 rings (SSSR count). The molecule has 0 fully saturated rings. The summed E-state index contributed by atoms with van der Waals surface area (Å²) in [4.78, 5) is 41.9. The standard InChI is InChI=1S/C26H21F3N6O3S2/c27-26(28,29)24(38)31-18-8-9-19-21(11-18)40-25(32-19)33-23(37)17-3-1-2-14(10-17)12-30-22(36)16-6-4-15(5-7-16)20-13-39-35-34-20/h1-7,10,13,18H,8-9,11-12H2,(H,30,36)(H,31,38)(H,32,33,37)/t18-/m0/s1. The zero-order valence-corrected chi connectivity index (χ0v) is 22.3. The molecule has 0 spiro atoms. The second-order valence-electron chi connectivity index (χ2n) is 9.00. The highest BCUT2D eigenvalue weighted by Gasteiger charge is 2.40. The number of aromatic nitrogens is 3. The molecule has 1 aliphatic carbocycles. The van der Waals surface area contributed by atoms with E-state index in [0.717, 1.165) is 16.1 Å². The number of aryl methyl sites for hydroxylation is 1. The fourth-order valence-corrected chi connectivity index (χ4v) is 5.73. The summed E-state index contributed by atoms with van der Waals surface area (Å²) in [6.45, 7) is 0.203. The molecule has 2 aromatic heterocycles. The fourth-order valence-electron chi connectivity index (χ4n) is 4.18. The number of rotatable bonds is 7. The Kier molecular flexibility index (Phi) is 7.89. The molecule has 1 atom stereocenters. The SMILES string of the molecule is O=C(NCc1cccc(C(=O)Nc2nc3c(s2)C[C@@H](NC(=O)C(F)(F)F)CC3)c1)c1ccc(-c2csnn2)cc1. The Morgan fingerprint density at radius 2 is 1.82 bits per heavy atom. The summed E-state index contributed by atoms with van der Waals surface area (Å²) < 4.78 is 41.5. The quantitative estimate of drug-likeness (QED) is 0.295. The first-order valence-electron chi connectivity index (χ1n) is 12.1. The number of thiazole rings is 1. The fraction of sp³-hybridized carbons (Fsp3) is 0.231. The number of carbonyl (C=O) groups excluding carboxylic acids is 3. The number of benzene rings is 2. The van der Waals surface area contributed by atoms with Crippen molar-refractivity contribution in [2.24, 2.45) is 0 Å². The molecule has 0 saturated heterocycles. The van der Waals surface area contributed by atoms with Gasteiger partial charge >= 0.3 is 12.1 Å². The maximum Gasteiger partial charge on any atom is 0.471 e. The number of halogens is 3. The molecular formula is C26H21F3N6O3S2. The van der Waals surface area contributed by atoms with Gasteiger partial charge in [0, 0.05) is 46.0 Å². The number of fused-ring (bicyclic) bond motifs is 1. The molecule has 4 aromatic rings. The first kappa shape index (κ1) is 27.4. The van der Waals surface area contributed by atoms with E-state index in [1.807, 2.05) is 10.7 Å². The van der Waals surface area contributed by atoms with Gasteiger partial charge in [-0.15, -0.1) is 16.4 Å². The van der Waals surface area contributed by atoms with Crippen LogP contribution in [0.15, 0.2) is 53.9 Å². The topological polar surface area (TPSA) is 126 Å². The average molecular weight is 587 g/mol. The lowest BCUT2D eigenvalue weighted by Gasteiger charge is -2.22. The molecule has 9 nitrogen and oxygen atoms in total. The van der Waals surface area contributed by atoms with Gasteiger partial charge in [0.15, 0.2) is 5.13 Å². The molecule has 0 saturated carbocycles. The van der Waals surface area contributed by atoms with Gasteiger partial charge in [0.2, 0.25) is 0 Å². The Hall–Kier alpha value is -4.17. The summed E-state index contributed by atoms with van der Waals surface area (Å²) >= 11 is 2.42. The van der Waals surface area contributed by atoms with Crippen LogP contribution in [0.25, 0.3) is 11.3 Å². The number of nitrogens with zero attached hydrogens (tertiary/aromatic N) is 3. The number of hydrogen-bond acceptors (Lipinski definition) is 8. The van der Waals surface area contributed by atoms with Crippen molar-refractivity contribution in [2.75, 3.05) is 5.32 Å². The van der Waals surface area contributed by atoms with Gasteiger partial charge in [0.1, 0.15) is 5.69 Å². The Morgan fingerprint density at radius 1 is 1.02 bits per heavy atom. The molecule has 0 bridgehead atoms. The summed E-state index contributed by atoms with van der Waals surface area (Å²) in [5.74, 6) is -2.64. The zero-order chi connectivity index (χ0) is 28.3. The van der Waals surface area contributed by atoms with Crippen LogP contribution in [0, 0.1) is 0 Å². The molecule has 3 amide bonds. The number of amides is 3. The minimum atomic E-state index is -4.93. The molecule has 3 N–H and O–H groups in total. The van der Waals surface area contributed by atoms with Gasteiger partial charge in [-0.25, -0.2) is 4.98 Å². The van der Waals surface area contributed by atoms with Gasteiger partial charge in [-0.2, -0.15) is 13.2 Å². The molecule has 0 radical (unpaired) electrons. The van der Waals surface area contributed by atoms with E-state index in [4.69, 9.17) is 0 Å². The maximum absolute atomic E-state index is 12.9. The molecule has 0 unspecified atom stereocenters. The molecule has 0 aliphatic heterocycles. The first-order chi connectivity index (χ1) is 19.2. The molecule has 1 aliphatic rings. The van der Waals surface area contributed by atoms with Gasteiger partial charge < -0.3 is 10.6 Å². The van der Waals surface area contributed by atoms with Crippen LogP contribution in [0.1, 0.15) is 43.3 Å². The summed E-state index contributed by atoms with van der Waals surface area (Å²) in [6, 6.07) is 13.1. The number of carbonyl (C=O) groups is 3. The highest BCUT2D eigenvalue weighted by Crippen LogP contribution is 2.30. The van der Waals surface area contributed by atoms with Crippen molar-refractivity contribution in [2.45, 2.75) is 38.0 Å². The van der Waals surface area contributed by atoms with Crippen molar-refractivity contribution < 1.29 is 27.6 Å². The molecule has 2 aromatic carbocycles. The van der Waals surface area contributed by atoms with E-state index < -0.39 is 24.0 Å². The van der Waals surface area contributed by atoms with Gasteiger partial charge in [-0.1, -0.05) is 28.8 Å². The summed E-state index contributed by atoms with van der Waals surface area (Å²) in [5, 5.41) is 13.7. The Balaban J connectivity index is 1.16. The van der Waals surface area contributed by atoms with Crippen LogP contribution < -0.4 is 16.0 Å². The Labute approximate surface area is 234 Å². The van der Waals surface area contributed by atoms with Crippen molar-refractivity contribution in [3.8, 4) is 11.3 Å². The summed E-state index contributed by atoms with van der Waals surface area (Å²) in [7, 11) is 0. The maximum atomic E-state index is 12.9. The minimum Gasteiger partial charge on any atom is -0.348 e. The average Bonchev–Trinajstić information content (AvgIpc) is 3.61. The van der Waals surface area contributed by atoms with Gasteiger partial charge in [-0.05, 0) is 54.2 Å². The second kappa shape index (κ2) is 11.5. The van der Waals surface area contributed by atoms with E-state index in [9.17, 15) is 27.6 Å². The zero-order valence-electron chi connectivity index (χ0n) is 20.6. The van der Waals surface area contributed by atoms with Crippen LogP contribution >= 0.6 is 22.9 Å². The Bertz CT molecular complexity index is 1540. The molecular weight excluding hydrogens is 565 g/mol.